The first-order chi connectivity index (χ1) is 12.3. The van der Waals surface area contributed by atoms with Crippen LogP contribution in [0.15, 0.2) is 54.6 Å². The Labute approximate surface area is 150 Å². The third-order valence-electron chi connectivity index (χ3n) is 4.83. The molecule has 0 spiro atoms. The van der Waals surface area contributed by atoms with E-state index < -0.39 is 0 Å². The maximum atomic E-state index is 13.4. The minimum atomic E-state index is -0.184. The SMILES string of the molecule is CCOCCN1CCN(C(c2ccccc2)c2ccc(F)cc2)CC1. The molecule has 1 heterocycles. The van der Waals surface area contributed by atoms with Gasteiger partial charge in [-0.2, -0.15) is 0 Å². The number of piperazine rings is 1. The van der Waals surface area contributed by atoms with Gasteiger partial charge in [-0.1, -0.05) is 42.5 Å². The second kappa shape index (κ2) is 9.09. The molecule has 1 aliphatic heterocycles. The first kappa shape index (κ1) is 18.1. The summed E-state index contributed by atoms with van der Waals surface area (Å²) in [6.45, 7) is 8.69. The Kier molecular flexibility index (Phi) is 6.56. The van der Waals surface area contributed by atoms with Gasteiger partial charge in [0.05, 0.1) is 12.6 Å². The molecule has 0 amide bonds. The molecule has 0 N–H and O–H groups in total. The van der Waals surface area contributed by atoms with E-state index in [1.807, 2.05) is 25.1 Å². The van der Waals surface area contributed by atoms with Gasteiger partial charge in [-0.05, 0) is 30.2 Å². The summed E-state index contributed by atoms with van der Waals surface area (Å²) in [6.07, 6.45) is 0. The van der Waals surface area contributed by atoms with Crippen molar-refractivity contribution in [2.24, 2.45) is 0 Å². The monoisotopic (exact) mass is 342 g/mol. The fraction of sp³-hybridized carbons (Fsp3) is 0.429. The lowest BCUT2D eigenvalue weighted by Crippen LogP contribution is -2.48. The quantitative estimate of drug-likeness (QED) is 0.716. The van der Waals surface area contributed by atoms with E-state index in [2.05, 4.69) is 34.1 Å². The third-order valence-corrected chi connectivity index (χ3v) is 4.83. The molecule has 2 aromatic rings. The summed E-state index contributed by atoms with van der Waals surface area (Å²) in [5.41, 5.74) is 2.41. The Morgan fingerprint density at radius 1 is 0.920 bits per heavy atom. The summed E-state index contributed by atoms with van der Waals surface area (Å²) in [5.74, 6) is -0.184. The first-order valence-electron chi connectivity index (χ1n) is 9.12. The van der Waals surface area contributed by atoms with E-state index in [9.17, 15) is 4.39 Å². The van der Waals surface area contributed by atoms with Crippen LogP contribution in [-0.4, -0.2) is 55.7 Å². The summed E-state index contributed by atoms with van der Waals surface area (Å²) >= 11 is 0. The normalized spacial score (nSPS) is 17.5. The van der Waals surface area contributed by atoms with Gasteiger partial charge in [0, 0.05) is 39.3 Å². The standard InChI is InChI=1S/C21H27FN2O/c1-2-25-17-16-23-12-14-24(15-13-23)21(18-6-4-3-5-7-18)19-8-10-20(22)11-9-19/h3-11,21H,2,12-17H2,1H3. The number of benzene rings is 2. The highest BCUT2D eigenvalue weighted by Crippen LogP contribution is 2.29. The summed E-state index contributed by atoms with van der Waals surface area (Å²) in [7, 11) is 0. The molecule has 0 aliphatic carbocycles. The van der Waals surface area contributed by atoms with Gasteiger partial charge in [0.1, 0.15) is 5.82 Å². The molecule has 0 aromatic heterocycles. The smallest absolute Gasteiger partial charge is 0.123 e. The Balaban J connectivity index is 1.72. The van der Waals surface area contributed by atoms with E-state index in [0.29, 0.717) is 0 Å². The van der Waals surface area contributed by atoms with Crippen molar-refractivity contribution in [2.45, 2.75) is 13.0 Å². The molecule has 1 fully saturated rings. The number of nitrogens with zero attached hydrogens (tertiary/aromatic N) is 2. The number of hydrogen-bond acceptors (Lipinski definition) is 3. The predicted molar refractivity (Wildman–Crippen MR) is 99.2 cm³/mol. The second-order valence-corrected chi connectivity index (χ2v) is 6.44. The molecule has 25 heavy (non-hydrogen) atoms. The molecule has 1 aliphatic rings. The van der Waals surface area contributed by atoms with Crippen molar-refractivity contribution in [3.05, 3.63) is 71.5 Å². The van der Waals surface area contributed by atoms with Crippen LogP contribution in [0.4, 0.5) is 4.39 Å². The van der Waals surface area contributed by atoms with Crippen molar-refractivity contribution in [3.63, 3.8) is 0 Å². The van der Waals surface area contributed by atoms with Crippen LogP contribution in [0, 0.1) is 5.82 Å². The Hall–Kier alpha value is -1.75. The molecule has 1 unspecified atom stereocenters. The Morgan fingerprint density at radius 3 is 2.20 bits per heavy atom. The molecular formula is C21H27FN2O. The highest BCUT2D eigenvalue weighted by atomic mass is 19.1. The van der Waals surface area contributed by atoms with Gasteiger partial charge in [0.25, 0.3) is 0 Å². The summed E-state index contributed by atoms with van der Waals surface area (Å²) in [4.78, 5) is 4.96. The third kappa shape index (κ3) is 4.88. The van der Waals surface area contributed by atoms with Gasteiger partial charge in [0.15, 0.2) is 0 Å². The topological polar surface area (TPSA) is 15.7 Å². The van der Waals surface area contributed by atoms with E-state index in [0.717, 1.165) is 51.5 Å². The molecule has 134 valence electrons. The average molecular weight is 342 g/mol. The minimum absolute atomic E-state index is 0.177. The molecule has 3 nitrogen and oxygen atoms in total. The first-order valence-corrected chi connectivity index (χ1v) is 9.12. The second-order valence-electron chi connectivity index (χ2n) is 6.44. The highest BCUT2D eigenvalue weighted by Gasteiger charge is 2.26. The number of halogens is 1. The fourth-order valence-electron chi connectivity index (χ4n) is 3.48. The Morgan fingerprint density at radius 2 is 1.56 bits per heavy atom. The molecule has 0 bridgehead atoms. The van der Waals surface area contributed by atoms with Crippen molar-refractivity contribution in [3.8, 4) is 0 Å². The van der Waals surface area contributed by atoms with Gasteiger partial charge in [-0.3, -0.25) is 9.80 Å². The van der Waals surface area contributed by atoms with Gasteiger partial charge in [-0.15, -0.1) is 0 Å². The van der Waals surface area contributed by atoms with Crippen LogP contribution in [0.5, 0.6) is 0 Å². The van der Waals surface area contributed by atoms with E-state index in [-0.39, 0.29) is 11.9 Å². The lowest BCUT2D eigenvalue weighted by Gasteiger charge is -2.39. The molecule has 3 rings (SSSR count). The van der Waals surface area contributed by atoms with Crippen LogP contribution >= 0.6 is 0 Å². The van der Waals surface area contributed by atoms with Crippen LogP contribution in [-0.2, 0) is 4.74 Å². The van der Waals surface area contributed by atoms with Crippen LogP contribution < -0.4 is 0 Å². The predicted octanol–water partition coefficient (Wildman–Crippen LogP) is 3.57. The van der Waals surface area contributed by atoms with Crippen LogP contribution in [0.3, 0.4) is 0 Å². The molecule has 0 saturated carbocycles. The zero-order valence-corrected chi connectivity index (χ0v) is 14.9. The van der Waals surface area contributed by atoms with Crippen molar-refractivity contribution >= 4 is 0 Å². The molecule has 4 heteroatoms. The van der Waals surface area contributed by atoms with Crippen LogP contribution in [0.1, 0.15) is 24.1 Å². The summed E-state index contributed by atoms with van der Waals surface area (Å²) in [5, 5.41) is 0. The van der Waals surface area contributed by atoms with Crippen LogP contribution in [0.25, 0.3) is 0 Å². The Bertz CT molecular complexity index is 624. The zero-order chi connectivity index (χ0) is 17.5. The fourth-order valence-corrected chi connectivity index (χ4v) is 3.48. The number of ether oxygens (including phenoxy) is 1. The van der Waals surface area contributed by atoms with Gasteiger partial charge in [-0.25, -0.2) is 4.39 Å². The van der Waals surface area contributed by atoms with E-state index in [1.165, 1.54) is 5.56 Å². The van der Waals surface area contributed by atoms with Gasteiger partial charge in [0.2, 0.25) is 0 Å². The minimum Gasteiger partial charge on any atom is -0.380 e. The lowest BCUT2D eigenvalue weighted by molar-refractivity contribution is 0.0709. The van der Waals surface area contributed by atoms with Crippen molar-refractivity contribution in [1.82, 2.24) is 9.80 Å². The number of hydrogen-bond donors (Lipinski definition) is 0. The summed E-state index contributed by atoms with van der Waals surface area (Å²) < 4.78 is 18.8. The molecule has 0 radical (unpaired) electrons. The van der Waals surface area contributed by atoms with E-state index >= 15 is 0 Å². The van der Waals surface area contributed by atoms with Crippen molar-refractivity contribution in [2.75, 3.05) is 45.9 Å². The zero-order valence-electron chi connectivity index (χ0n) is 14.9. The largest absolute Gasteiger partial charge is 0.380 e. The molecule has 2 aromatic carbocycles. The van der Waals surface area contributed by atoms with Crippen LogP contribution in [0.2, 0.25) is 0 Å². The summed E-state index contributed by atoms with van der Waals surface area (Å²) in [6, 6.07) is 17.6. The molecule has 1 saturated heterocycles. The van der Waals surface area contributed by atoms with E-state index in [4.69, 9.17) is 4.74 Å². The number of rotatable bonds is 7. The maximum Gasteiger partial charge on any atom is 0.123 e. The highest BCUT2D eigenvalue weighted by molar-refractivity contribution is 5.32. The van der Waals surface area contributed by atoms with Crippen molar-refractivity contribution < 1.29 is 9.13 Å². The van der Waals surface area contributed by atoms with E-state index in [1.54, 1.807) is 12.1 Å². The molecule has 1 atom stereocenters. The average Bonchev–Trinajstić information content (AvgIpc) is 2.66. The van der Waals surface area contributed by atoms with Gasteiger partial charge >= 0.3 is 0 Å². The maximum absolute atomic E-state index is 13.4. The lowest BCUT2D eigenvalue weighted by atomic mass is 9.96. The molecular weight excluding hydrogens is 315 g/mol. The van der Waals surface area contributed by atoms with Crippen molar-refractivity contribution in [1.29, 1.82) is 0 Å². The van der Waals surface area contributed by atoms with Gasteiger partial charge < -0.3 is 4.74 Å².